The van der Waals surface area contributed by atoms with E-state index in [-0.39, 0.29) is 0 Å². The van der Waals surface area contributed by atoms with Crippen molar-refractivity contribution in [2.45, 2.75) is 0 Å². The Hall–Kier alpha value is -2.91. The molecule has 2 nitrogen and oxygen atoms in total. The van der Waals surface area contributed by atoms with E-state index in [0.717, 1.165) is 21.3 Å². The Morgan fingerprint density at radius 3 is 2.04 bits per heavy atom. The maximum Gasteiger partial charge on any atom is 0.0541 e. The lowest BCUT2D eigenvalue weighted by Gasteiger charge is -2.10. The van der Waals surface area contributed by atoms with Gasteiger partial charge in [0.15, 0.2) is 0 Å². The van der Waals surface area contributed by atoms with Crippen LogP contribution in [0.3, 0.4) is 0 Å². The monoisotopic (exact) mass is 398 g/mol. The maximum absolute atomic E-state index is 4.30. The van der Waals surface area contributed by atoms with Crippen molar-refractivity contribution in [3.8, 4) is 16.8 Å². The standard InChI is InChI=1S/C23H15BrN2/c24-18-12-17(14-25-15-18)16-6-5-7-19(13-16)26-22-10-3-1-8-20(22)21-9-2-4-11-23(21)26/h1-15H. The first kappa shape index (κ1) is 15.4. The molecule has 0 fully saturated rings. The molecule has 0 saturated heterocycles. The van der Waals surface area contributed by atoms with Crippen molar-refractivity contribution in [3.05, 3.63) is 95.7 Å². The van der Waals surface area contributed by atoms with E-state index in [4.69, 9.17) is 0 Å². The summed E-state index contributed by atoms with van der Waals surface area (Å²) in [5, 5.41) is 2.55. The van der Waals surface area contributed by atoms with Gasteiger partial charge in [-0.1, -0.05) is 48.5 Å². The fraction of sp³-hybridized carbons (Fsp3) is 0. The van der Waals surface area contributed by atoms with Crippen LogP contribution in [0.15, 0.2) is 95.7 Å². The topological polar surface area (TPSA) is 17.8 Å². The number of aromatic nitrogens is 2. The lowest BCUT2D eigenvalue weighted by molar-refractivity contribution is 1.18. The van der Waals surface area contributed by atoms with E-state index in [9.17, 15) is 0 Å². The summed E-state index contributed by atoms with van der Waals surface area (Å²) in [5.74, 6) is 0. The number of rotatable bonds is 2. The van der Waals surface area contributed by atoms with Crippen molar-refractivity contribution < 1.29 is 0 Å². The van der Waals surface area contributed by atoms with Gasteiger partial charge in [0, 0.05) is 38.9 Å². The Bertz CT molecular complexity index is 1200. The molecule has 5 aromatic rings. The van der Waals surface area contributed by atoms with Crippen LogP contribution in [0.2, 0.25) is 0 Å². The molecule has 26 heavy (non-hydrogen) atoms. The Kier molecular flexibility index (Phi) is 3.61. The number of para-hydroxylation sites is 2. The highest BCUT2D eigenvalue weighted by Crippen LogP contribution is 2.33. The van der Waals surface area contributed by atoms with Gasteiger partial charge in [0.25, 0.3) is 0 Å². The molecule has 2 aromatic heterocycles. The van der Waals surface area contributed by atoms with Crippen LogP contribution in [0.5, 0.6) is 0 Å². The molecule has 0 aliphatic carbocycles. The van der Waals surface area contributed by atoms with Gasteiger partial charge in [-0.3, -0.25) is 4.98 Å². The number of halogens is 1. The zero-order valence-corrected chi connectivity index (χ0v) is 15.5. The molecule has 5 rings (SSSR count). The summed E-state index contributed by atoms with van der Waals surface area (Å²) in [6, 6.07) is 27.9. The summed E-state index contributed by atoms with van der Waals surface area (Å²) >= 11 is 3.51. The third-order valence-corrected chi connectivity index (χ3v) is 5.16. The second kappa shape index (κ2) is 6.11. The van der Waals surface area contributed by atoms with Gasteiger partial charge in [0.2, 0.25) is 0 Å². The highest BCUT2D eigenvalue weighted by Gasteiger charge is 2.11. The van der Waals surface area contributed by atoms with Gasteiger partial charge in [0.05, 0.1) is 11.0 Å². The highest BCUT2D eigenvalue weighted by molar-refractivity contribution is 9.10. The maximum atomic E-state index is 4.30. The zero-order chi connectivity index (χ0) is 17.5. The first-order valence-corrected chi connectivity index (χ1v) is 9.30. The largest absolute Gasteiger partial charge is 0.309 e. The molecular formula is C23H15BrN2. The molecule has 0 saturated carbocycles. The van der Waals surface area contributed by atoms with Gasteiger partial charge in [-0.15, -0.1) is 0 Å². The second-order valence-electron chi connectivity index (χ2n) is 6.31. The highest BCUT2D eigenvalue weighted by atomic mass is 79.9. The van der Waals surface area contributed by atoms with E-state index in [2.05, 4.69) is 104 Å². The minimum Gasteiger partial charge on any atom is -0.309 e. The number of nitrogens with zero attached hydrogens (tertiary/aromatic N) is 2. The molecule has 0 amide bonds. The lowest BCUT2D eigenvalue weighted by atomic mass is 10.1. The van der Waals surface area contributed by atoms with Crippen LogP contribution in [-0.4, -0.2) is 9.55 Å². The summed E-state index contributed by atoms with van der Waals surface area (Å²) in [6.07, 6.45) is 3.70. The molecule has 0 unspecified atom stereocenters. The van der Waals surface area contributed by atoms with Crippen LogP contribution in [0, 0.1) is 0 Å². The third kappa shape index (κ3) is 2.44. The summed E-state index contributed by atoms with van der Waals surface area (Å²) < 4.78 is 3.32. The van der Waals surface area contributed by atoms with Gasteiger partial charge in [-0.2, -0.15) is 0 Å². The molecular weight excluding hydrogens is 384 g/mol. The minimum absolute atomic E-state index is 0.984. The molecule has 0 spiro atoms. The molecule has 0 N–H and O–H groups in total. The Morgan fingerprint density at radius 1 is 0.654 bits per heavy atom. The van der Waals surface area contributed by atoms with Crippen molar-refractivity contribution in [3.63, 3.8) is 0 Å². The number of fused-ring (bicyclic) bond motifs is 3. The predicted molar refractivity (Wildman–Crippen MR) is 112 cm³/mol. The Morgan fingerprint density at radius 2 is 1.35 bits per heavy atom. The zero-order valence-electron chi connectivity index (χ0n) is 13.9. The molecule has 0 aliphatic rings. The molecule has 3 heteroatoms. The van der Waals surface area contributed by atoms with Crippen molar-refractivity contribution in [1.29, 1.82) is 0 Å². The van der Waals surface area contributed by atoms with E-state index < -0.39 is 0 Å². The van der Waals surface area contributed by atoms with Crippen molar-refractivity contribution in [2.75, 3.05) is 0 Å². The Labute approximate surface area is 159 Å². The molecule has 3 aromatic carbocycles. The van der Waals surface area contributed by atoms with Gasteiger partial charge < -0.3 is 4.57 Å². The first-order chi connectivity index (χ1) is 12.8. The number of benzene rings is 3. The predicted octanol–water partition coefficient (Wildman–Crippen LogP) is 6.61. The van der Waals surface area contributed by atoms with Gasteiger partial charge in [-0.25, -0.2) is 0 Å². The van der Waals surface area contributed by atoms with Crippen LogP contribution in [0.4, 0.5) is 0 Å². The minimum atomic E-state index is 0.984. The van der Waals surface area contributed by atoms with Crippen molar-refractivity contribution in [2.24, 2.45) is 0 Å². The second-order valence-corrected chi connectivity index (χ2v) is 7.23. The van der Waals surface area contributed by atoms with E-state index in [1.165, 1.54) is 21.8 Å². The van der Waals surface area contributed by atoms with Crippen molar-refractivity contribution in [1.82, 2.24) is 9.55 Å². The van der Waals surface area contributed by atoms with Gasteiger partial charge >= 0.3 is 0 Å². The summed E-state index contributed by atoms with van der Waals surface area (Å²) in [6.45, 7) is 0. The summed E-state index contributed by atoms with van der Waals surface area (Å²) in [4.78, 5) is 4.30. The molecule has 0 bridgehead atoms. The van der Waals surface area contributed by atoms with E-state index in [0.29, 0.717) is 0 Å². The van der Waals surface area contributed by atoms with Crippen LogP contribution in [0.25, 0.3) is 38.6 Å². The number of pyridine rings is 1. The molecule has 2 heterocycles. The number of hydrogen-bond acceptors (Lipinski definition) is 1. The van der Waals surface area contributed by atoms with Crippen molar-refractivity contribution >= 4 is 37.7 Å². The van der Waals surface area contributed by atoms with Crippen LogP contribution in [0.1, 0.15) is 0 Å². The molecule has 124 valence electrons. The van der Waals surface area contributed by atoms with Crippen LogP contribution < -0.4 is 0 Å². The molecule has 0 atom stereocenters. The molecule has 0 radical (unpaired) electrons. The lowest BCUT2D eigenvalue weighted by Crippen LogP contribution is -1.94. The fourth-order valence-electron chi connectivity index (χ4n) is 3.59. The van der Waals surface area contributed by atoms with Gasteiger partial charge in [0.1, 0.15) is 0 Å². The molecule has 0 aliphatic heterocycles. The fourth-order valence-corrected chi connectivity index (χ4v) is 3.96. The van der Waals surface area contributed by atoms with E-state index >= 15 is 0 Å². The van der Waals surface area contributed by atoms with Crippen LogP contribution >= 0.6 is 15.9 Å². The van der Waals surface area contributed by atoms with E-state index in [1.54, 1.807) is 6.20 Å². The normalized spacial score (nSPS) is 11.3. The summed E-state index contributed by atoms with van der Waals surface area (Å²) in [5.41, 5.74) is 5.84. The first-order valence-electron chi connectivity index (χ1n) is 8.51. The quantitative estimate of drug-likeness (QED) is 0.327. The average Bonchev–Trinajstić information content (AvgIpc) is 3.03. The summed E-state index contributed by atoms with van der Waals surface area (Å²) in [7, 11) is 0. The smallest absolute Gasteiger partial charge is 0.0541 e. The van der Waals surface area contributed by atoms with E-state index in [1.807, 2.05) is 6.20 Å². The SMILES string of the molecule is Brc1cncc(-c2cccc(-n3c4ccccc4c4ccccc43)c2)c1. The number of hydrogen-bond donors (Lipinski definition) is 0. The average molecular weight is 399 g/mol. The Balaban J connectivity index is 1.79. The third-order valence-electron chi connectivity index (χ3n) is 4.72. The van der Waals surface area contributed by atoms with Gasteiger partial charge in [-0.05, 0) is 51.8 Å². The van der Waals surface area contributed by atoms with Crippen LogP contribution in [-0.2, 0) is 0 Å².